The number of H-pyrrole nitrogens is 1. The molecule has 2 rings (SSSR count). The van der Waals surface area contributed by atoms with Crippen LogP contribution in [0.15, 0.2) is 59.1 Å². The van der Waals surface area contributed by atoms with E-state index in [1.165, 1.54) is 18.2 Å². The summed E-state index contributed by atoms with van der Waals surface area (Å²) < 4.78 is 5.02. The number of carboxylic acids is 1. The molecule has 6 nitrogen and oxygen atoms in total. The highest BCUT2D eigenvalue weighted by molar-refractivity contribution is 5.92. The predicted molar refractivity (Wildman–Crippen MR) is 92.1 cm³/mol. The molecule has 0 fully saturated rings. The van der Waals surface area contributed by atoms with Gasteiger partial charge in [-0.3, -0.25) is 4.79 Å². The fraction of sp³-hybridized carbons (Fsp3) is 0.167. The number of hydrogen-bond acceptors (Lipinski definition) is 4. The molecule has 2 aromatic rings. The normalized spacial score (nSPS) is 11.8. The summed E-state index contributed by atoms with van der Waals surface area (Å²) in [6.07, 6.45) is 5.73. The molecule has 0 saturated carbocycles. The average molecular weight is 326 g/mol. The number of rotatable bonds is 6. The molecule has 124 valence electrons. The van der Waals surface area contributed by atoms with Crippen LogP contribution in [0.1, 0.15) is 23.1 Å². The molecular formula is C18H18N2O4. The van der Waals surface area contributed by atoms with Crippen molar-refractivity contribution in [2.45, 2.75) is 13.3 Å². The molecule has 0 aliphatic rings. The SMILES string of the molecule is C=C(/C=C\C=C(/C)OC)Cc1nc2cc(C(=O)O)ccc2c(=O)[nH]1. The number of hydrogen-bond donors (Lipinski definition) is 2. The van der Waals surface area contributed by atoms with Gasteiger partial charge in [-0.15, -0.1) is 0 Å². The Kier molecular flexibility index (Phi) is 5.31. The summed E-state index contributed by atoms with van der Waals surface area (Å²) in [4.78, 5) is 30.1. The zero-order valence-electron chi connectivity index (χ0n) is 13.5. The molecule has 2 N–H and O–H groups in total. The third-order valence-electron chi connectivity index (χ3n) is 3.38. The molecule has 0 spiro atoms. The van der Waals surface area contributed by atoms with Gasteiger partial charge in [-0.25, -0.2) is 9.78 Å². The molecule has 0 bridgehead atoms. The number of nitrogens with one attached hydrogen (secondary N) is 1. The number of methoxy groups -OCH3 is 1. The molecule has 0 amide bonds. The molecule has 1 aromatic carbocycles. The number of nitrogens with zero attached hydrogens (tertiary/aromatic N) is 1. The van der Waals surface area contributed by atoms with Gasteiger partial charge in [0.15, 0.2) is 0 Å². The van der Waals surface area contributed by atoms with Gasteiger partial charge in [0, 0.05) is 6.42 Å². The summed E-state index contributed by atoms with van der Waals surface area (Å²) in [5.41, 5.74) is 0.872. The van der Waals surface area contributed by atoms with Crippen molar-refractivity contribution in [3.05, 3.63) is 76.1 Å². The highest BCUT2D eigenvalue weighted by Gasteiger charge is 2.08. The summed E-state index contributed by atoms with van der Waals surface area (Å²) in [6, 6.07) is 4.23. The molecule has 0 aliphatic carbocycles. The summed E-state index contributed by atoms with van der Waals surface area (Å²) in [7, 11) is 1.59. The van der Waals surface area contributed by atoms with Crippen LogP contribution in [0.25, 0.3) is 10.9 Å². The quantitative estimate of drug-likeness (QED) is 0.629. The van der Waals surface area contributed by atoms with Crippen LogP contribution in [0.3, 0.4) is 0 Å². The lowest BCUT2D eigenvalue weighted by molar-refractivity contribution is 0.0697. The van der Waals surface area contributed by atoms with Gasteiger partial charge >= 0.3 is 5.97 Å². The summed E-state index contributed by atoms with van der Waals surface area (Å²) >= 11 is 0. The topological polar surface area (TPSA) is 92.3 Å². The number of ether oxygens (including phenoxy) is 1. The first-order chi connectivity index (χ1) is 11.4. The molecule has 0 unspecified atom stereocenters. The van der Waals surface area contributed by atoms with Gasteiger partial charge < -0.3 is 14.8 Å². The average Bonchev–Trinajstić information content (AvgIpc) is 2.53. The van der Waals surface area contributed by atoms with E-state index in [2.05, 4.69) is 16.5 Å². The highest BCUT2D eigenvalue weighted by atomic mass is 16.5. The van der Waals surface area contributed by atoms with Crippen molar-refractivity contribution >= 4 is 16.9 Å². The minimum Gasteiger partial charge on any atom is -0.501 e. The first-order valence-corrected chi connectivity index (χ1v) is 7.23. The summed E-state index contributed by atoms with van der Waals surface area (Å²) in [5, 5.41) is 9.39. The maximum Gasteiger partial charge on any atom is 0.335 e. The van der Waals surface area contributed by atoms with Gasteiger partial charge in [0.2, 0.25) is 0 Å². The van der Waals surface area contributed by atoms with Crippen LogP contribution < -0.4 is 5.56 Å². The second-order valence-corrected chi connectivity index (χ2v) is 5.23. The van der Waals surface area contributed by atoms with E-state index in [1.54, 1.807) is 25.3 Å². The number of carboxylic acid groups (broad SMARTS) is 1. The predicted octanol–water partition coefficient (Wildman–Crippen LogP) is 2.83. The van der Waals surface area contributed by atoms with Crippen LogP contribution in [0.2, 0.25) is 0 Å². The van der Waals surface area contributed by atoms with Crippen LogP contribution in [-0.4, -0.2) is 28.2 Å². The maximum atomic E-state index is 12.1. The van der Waals surface area contributed by atoms with Gasteiger partial charge in [-0.05, 0) is 36.8 Å². The largest absolute Gasteiger partial charge is 0.501 e. The van der Waals surface area contributed by atoms with E-state index < -0.39 is 5.97 Å². The van der Waals surface area contributed by atoms with Crippen molar-refractivity contribution in [1.82, 2.24) is 9.97 Å². The Morgan fingerprint density at radius 3 is 2.88 bits per heavy atom. The number of carbonyl (C=O) groups is 1. The Bertz CT molecular complexity index is 907. The van der Waals surface area contributed by atoms with E-state index in [1.807, 2.05) is 6.92 Å². The Balaban J connectivity index is 2.28. The number of aromatic nitrogens is 2. The Labute approximate surface area is 138 Å². The van der Waals surface area contributed by atoms with Crippen molar-refractivity contribution in [3.63, 3.8) is 0 Å². The van der Waals surface area contributed by atoms with Crippen LogP contribution in [0, 0.1) is 0 Å². The number of benzene rings is 1. The van der Waals surface area contributed by atoms with Crippen LogP contribution in [-0.2, 0) is 11.2 Å². The van der Waals surface area contributed by atoms with Crippen molar-refractivity contribution in [3.8, 4) is 0 Å². The second-order valence-electron chi connectivity index (χ2n) is 5.23. The Hall–Kier alpha value is -3.15. The zero-order valence-corrected chi connectivity index (χ0v) is 13.5. The smallest absolute Gasteiger partial charge is 0.335 e. The van der Waals surface area contributed by atoms with Crippen molar-refractivity contribution in [2.75, 3.05) is 7.11 Å². The van der Waals surface area contributed by atoms with Crippen LogP contribution >= 0.6 is 0 Å². The molecule has 1 heterocycles. The minimum atomic E-state index is -1.06. The van der Waals surface area contributed by atoms with Gasteiger partial charge in [0.1, 0.15) is 5.82 Å². The van der Waals surface area contributed by atoms with E-state index in [4.69, 9.17) is 9.84 Å². The van der Waals surface area contributed by atoms with Gasteiger partial charge in [0.25, 0.3) is 5.56 Å². The molecule has 24 heavy (non-hydrogen) atoms. The van der Waals surface area contributed by atoms with Crippen molar-refractivity contribution in [2.24, 2.45) is 0 Å². The van der Waals surface area contributed by atoms with Gasteiger partial charge in [0.05, 0.1) is 29.3 Å². The maximum absolute atomic E-state index is 12.1. The monoisotopic (exact) mass is 326 g/mol. The third kappa shape index (κ3) is 4.19. The van der Waals surface area contributed by atoms with E-state index in [0.717, 1.165) is 11.3 Å². The number of aromatic carboxylic acids is 1. The van der Waals surface area contributed by atoms with Crippen molar-refractivity contribution < 1.29 is 14.6 Å². The minimum absolute atomic E-state index is 0.0884. The molecule has 0 aliphatic heterocycles. The van der Waals surface area contributed by atoms with Gasteiger partial charge in [-0.2, -0.15) is 0 Å². The fourth-order valence-corrected chi connectivity index (χ4v) is 2.07. The Morgan fingerprint density at radius 1 is 1.46 bits per heavy atom. The first-order valence-electron chi connectivity index (χ1n) is 7.23. The van der Waals surface area contributed by atoms with E-state index in [0.29, 0.717) is 23.1 Å². The standard InChI is InChI=1S/C18H18N2O4/c1-11(5-4-6-12(2)24-3)9-16-19-15-10-13(18(22)23)7-8-14(15)17(21)20-16/h4-8,10H,1,9H2,2-3H3,(H,22,23)(H,19,20,21)/b5-4-,12-6+. The van der Waals surface area contributed by atoms with Crippen LogP contribution in [0.4, 0.5) is 0 Å². The highest BCUT2D eigenvalue weighted by Crippen LogP contribution is 2.12. The van der Waals surface area contributed by atoms with E-state index in [9.17, 15) is 9.59 Å². The number of allylic oxidation sites excluding steroid dienone is 5. The third-order valence-corrected chi connectivity index (χ3v) is 3.38. The molecule has 1 aromatic heterocycles. The molecule has 0 radical (unpaired) electrons. The fourth-order valence-electron chi connectivity index (χ4n) is 2.07. The van der Waals surface area contributed by atoms with E-state index >= 15 is 0 Å². The first kappa shape index (κ1) is 17.2. The van der Waals surface area contributed by atoms with Crippen LogP contribution in [0.5, 0.6) is 0 Å². The summed E-state index contributed by atoms with van der Waals surface area (Å²) in [6.45, 7) is 5.74. The molecule has 0 saturated heterocycles. The zero-order chi connectivity index (χ0) is 17.7. The lowest BCUT2D eigenvalue weighted by Gasteiger charge is -2.04. The van der Waals surface area contributed by atoms with Gasteiger partial charge in [-0.1, -0.05) is 18.7 Å². The van der Waals surface area contributed by atoms with Crippen molar-refractivity contribution in [1.29, 1.82) is 0 Å². The molecule has 0 atom stereocenters. The summed E-state index contributed by atoms with van der Waals surface area (Å²) in [5.74, 6) is 0.128. The second kappa shape index (κ2) is 7.41. The molecular weight excluding hydrogens is 308 g/mol. The Morgan fingerprint density at radius 2 is 2.21 bits per heavy atom. The number of aromatic amines is 1. The lowest BCUT2D eigenvalue weighted by Crippen LogP contribution is -2.12. The lowest BCUT2D eigenvalue weighted by atomic mass is 10.1. The van der Waals surface area contributed by atoms with E-state index in [-0.39, 0.29) is 11.1 Å². The molecule has 6 heteroatoms. The number of fused-ring (bicyclic) bond motifs is 1.